The second kappa shape index (κ2) is 5.35. The van der Waals surface area contributed by atoms with Crippen molar-refractivity contribution in [1.29, 1.82) is 0 Å². The highest BCUT2D eigenvalue weighted by Crippen LogP contribution is 2.31. The van der Waals surface area contributed by atoms with Gasteiger partial charge >= 0.3 is 0 Å². The van der Waals surface area contributed by atoms with Crippen LogP contribution in [0.15, 0.2) is 35.3 Å². The van der Waals surface area contributed by atoms with Gasteiger partial charge in [-0.3, -0.25) is 4.99 Å². The van der Waals surface area contributed by atoms with Crippen LogP contribution in [0.2, 0.25) is 0 Å². The quantitative estimate of drug-likeness (QED) is 0.615. The monoisotopic (exact) mass is 230 g/mol. The first-order chi connectivity index (χ1) is 8.18. The highest BCUT2D eigenvalue weighted by molar-refractivity contribution is 5.97. The molecule has 0 saturated heterocycles. The molecule has 2 nitrogen and oxygen atoms in total. The van der Waals surface area contributed by atoms with Gasteiger partial charge in [0.2, 0.25) is 0 Å². The second-order valence-electron chi connectivity index (χ2n) is 5.22. The number of nitrogens with two attached hydrogens (primary N) is 1. The van der Waals surface area contributed by atoms with E-state index in [1.165, 1.54) is 19.3 Å². The van der Waals surface area contributed by atoms with Gasteiger partial charge in [-0.15, -0.1) is 0 Å². The predicted octanol–water partition coefficient (Wildman–Crippen LogP) is 3.22. The lowest BCUT2D eigenvalue weighted by atomic mass is 9.78. The summed E-state index contributed by atoms with van der Waals surface area (Å²) in [5.41, 5.74) is 7.12. The van der Waals surface area contributed by atoms with Crippen molar-refractivity contribution < 1.29 is 0 Å². The predicted molar refractivity (Wildman–Crippen MR) is 73.1 cm³/mol. The third kappa shape index (κ3) is 2.87. The van der Waals surface area contributed by atoms with Crippen molar-refractivity contribution in [2.75, 3.05) is 0 Å². The van der Waals surface area contributed by atoms with Crippen LogP contribution in [0.1, 0.15) is 38.7 Å². The van der Waals surface area contributed by atoms with E-state index in [4.69, 9.17) is 10.7 Å². The third-order valence-corrected chi connectivity index (χ3v) is 4.04. The molecule has 1 aromatic carbocycles. The average molecular weight is 230 g/mol. The zero-order valence-corrected chi connectivity index (χ0v) is 10.8. The van der Waals surface area contributed by atoms with E-state index >= 15 is 0 Å². The molecule has 0 spiro atoms. The van der Waals surface area contributed by atoms with Gasteiger partial charge < -0.3 is 5.73 Å². The first-order valence-electron chi connectivity index (χ1n) is 6.57. The fourth-order valence-electron chi connectivity index (χ4n) is 2.60. The van der Waals surface area contributed by atoms with Gasteiger partial charge in [-0.05, 0) is 18.3 Å². The van der Waals surface area contributed by atoms with Gasteiger partial charge in [0.25, 0.3) is 0 Å². The summed E-state index contributed by atoms with van der Waals surface area (Å²) in [5.74, 6) is 2.10. The van der Waals surface area contributed by atoms with E-state index in [0.29, 0.717) is 17.8 Å². The molecule has 2 N–H and O–H groups in total. The fourth-order valence-corrected chi connectivity index (χ4v) is 2.60. The normalized spacial score (nSPS) is 30.2. The van der Waals surface area contributed by atoms with E-state index in [2.05, 4.69) is 13.8 Å². The molecule has 0 aliphatic heterocycles. The van der Waals surface area contributed by atoms with E-state index < -0.39 is 0 Å². The SMILES string of the molecule is CC1CCCC(N=C(N)c2ccccc2)C1C. The van der Waals surface area contributed by atoms with Gasteiger partial charge in [0.05, 0.1) is 6.04 Å². The van der Waals surface area contributed by atoms with Gasteiger partial charge in [0, 0.05) is 5.56 Å². The summed E-state index contributed by atoms with van der Waals surface area (Å²) in [6.45, 7) is 4.63. The number of rotatable bonds is 2. The summed E-state index contributed by atoms with van der Waals surface area (Å²) in [4.78, 5) is 4.73. The van der Waals surface area contributed by atoms with Crippen LogP contribution in [-0.2, 0) is 0 Å². The van der Waals surface area contributed by atoms with Crippen molar-refractivity contribution in [3.63, 3.8) is 0 Å². The first kappa shape index (κ1) is 12.2. The van der Waals surface area contributed by atoms with Crippen LogP contribution in [0, 0.1) is 11.8 Å². The minimum absolute atomic E-state index is 0.402. The molecule has 1 fully saturated rings. The van der Waals surface area contributed by atoms with E-state index in [9.17, 15) is 0 Å². The molecule has 1 aliphatic rings. The number of amidine groups is 1. The molecule has 17 heavy (non-hydrogen) atoms. The Balaban J connectivity index is 2.13. The molecule has 3 unspecified atom stereocenters. The standard InChI is InChI=1S/C15H22N2/c1-11-7-6-10-14(12(11)2)17-15(16)13-8-4-3-5-9-13/h3-5,8-9,11-12,14H,6-7,10H2,1-2H3,(H2,16,17). The molecular formula is C15H22N2. The van der Waals surface area contributed by atoms with Crippen LogP contribution in [0.4, 0.5) is 0 Å². The molecule has 0 heterocycles. The molecule has 3 atom stereocenters. The van der Waals surface area contributed by atoms with Crippen LogP contribution in [-0.4, -0.2) is 11.9 Å². The average Bonchev–Trinajstić information content (AvgIpc) is 2.36. The van der Waals surface area contributed by atoms with Gasteiger partial charge in [0.15, 0.2) is 0 Å². The molecule has 0 aromatic heterocycles. The van der Waals surface area contributed by atoms with Crippen LogP contribution in [0.3, 0.4) is 0 Å². The summed E-state index contributed by atoms with van der Waals surface area (Å²) < 4.78 is 0. The maximum atomic E-state index is 6.08. The highest BCUT2D eigenvalue weighted by Gasteiger charge is 2.26. The van der Waals surface area contributed by atoms with Crippen molar-refractivity contribution in [1.82, 2.24) is 0 Å². The Labute approximate surface area is 104 Å². The summed E-state index contributed by atoms with van der Waals surface area (Å²) in [7, 11) is 0. The van der Waals surface area contributed by atoms with Crippen molar-refractivity contribution in [2.45, 2.75) is 39.2 Å². The van der Waals surface area contributed by atoms with Crippen molar-refractivity contribution >= 4 is 5.84 Å². The Morgan fingerprint density at radius 2 is 1.88 bits per heavy atom. The minimum Gasteiger partial charge on any atom is -0.383 e. The smallest absolute Gasteiger partial charge is 0.125 e. The Morgan fingerprint density at radius 3 is 2.59 bits per heavy atom. The summed E-state index contributed by atoms with van der Waals surface area (Å²) in [6, 6.07) is 10.5. The van der Waals surface area contributed by atoms with Crippen LogP contribution in [0.5, 0.6) is 0 Å². The zero-order chi connectivity index (χ0) is 12.3. The summed E-state index contributed by atoms with van der Waals surface area (Å²) in [6.07, 6.45) is 3.79. The van der Waals surface area contributed by atoms with Crippen LogP contribution >= 0.6 is 0 Å². The van der Waals surface area contributed by atoms with Gasteiger partial charge in [-0.25, -0.2) is 0 Å². The Morgan fingerprint density at radius 1 is 1.18 bits per heavy atom. The Hall–Kier alpha value is -1.31. The minimum atomic E-state index is 0.402. The van der Waals surface area contributed by atoms with Crippen LogP contribution < -0.4 is 5.73 Å². The molecule has 1 aliphatic carbocycles. The summed E-state index contributed by atoms with van der Waals surface area (Å²) in [5, 5.41) is 0. The topological polar surface area (TPSA) is 38.4 Å². The molecule has 92 valence electrons. The maximum absolute atomic E-state index is 6.08. The third-order valence-electron chi connectivity index (χ3n) is 4.04. The van der Waals surface area contributed by atoms with Crippen LogP contribution in [0.25, 0.3) is 0 Å². The van der Waals surface area contributed by atoms with E-state index in [0.717, 1.165) is 11.5 Å². The molecule has 2 heteroatoms. The molecule has 0 amide bonds. The van der Waals surface area contributed by atoms with Crippen molar-refractivity contribution in [2.24, 2.45) is 22.6 Å². The number of aliphatic imine (C=N–C) groups is 1. The van der Waals surface area contributed by atoms with Crippen molar-refractivity contribution in [3.8, 4) is 0 Å². The molecule has 0 radical (unpaired) electrons. The lowest BCUT2D eigenvalue weighted by Crippen LogP contribution is -2.30. The molecule has 1 saturated carbocycles. The van der Waals surface area contributed by atoms with Gasteiger partial charge in [0.1, 0.15) is 5.84 Å². The van der Waals surface area contributed by atoms with E-state index in [-0.39, 0.29) is 0 Å². The zero-order valence-electron chi connectivity index (χ0n) is 10.8. The Kier molecular flexibility index (Phi) is 3.82. The fraction of sp³-hybridized carbons (Fsp3) is 0.533. The highest BCUT2D eigenvalue weighted by atomic mass is 14.9. The van der Waals surface area contributed by atoms with Gasteiger partial charge in [-0.1, -0.05) is 57.0 Å². The number of nitrogens with zero attached hydrogens (tertiary/aromatic N) is 1. The van der Waals surface area contributed by atoms with E-state index in [1.807, 2.05) is 30.3 Å². The van der Waals surface area contributed by atoms with Gasteiger partial charge in [-0.2, -0.15) is 0 Å². The molecular weight excluding hydrogens is 208 g/mol. The number of hydrogen-bond acceptors (Lipinski definition) is 1. The largest absolute Gasteiger partial charge is 0.383 e. The molecule has 2 rings (SSSR count). The lowest BCUT2D eigenvalue weighted by Gasteiger charge is -2.31. The van der Waals surface area contributed by atoms with Crippen molar-refractivity contribution in [3.05, 3.63) is 35.9 Å². The molecule has 0 bridgehead atoms. The summed E-state index contributed by atoms with van der Waals surface area (Å²) >= 11 is 0. The number of hydrogen-bond donors (Lipinski definition) is 1. The maximum Gasteiger partial charge on any atom is 0.125 e. The second-order valence-corrected chi connectivity index (χ2v) is 5.22. The number of benzene rings is 1. The first-order valence-corrected chi connectivity index (χ1v) is 6.57. The van der Waals surface area contributed by atoms with E-state index in [1.54, 1.807) is 0 Å². The Bertz CT molecular complexity index is 383. The lowest BCUT2D eigenvalue weighted by molar-refractivity contribution is 0.241. The molecule has 1 aromatic rings.